The second kappa shape index (κ2) is 7.33. The molecule has 2 aliphatic rings. The van der Waals surface area contributed by atoms with Crippen molar-refractivity contribution in [1.29, 1.82) is 0 Å². The van der Waals surface area contributed by atoms with E-state index < -0.39 is 0 Å². The Hall–Kier alpha value is -1.98. The first kappa shape index (κ1) is 17.4. The van der Waals surface area contributed by atoms with Crippen LogP contribution in [0.3, 0.4) is 0 Å². The molecule has 3 atom stereocenters. The third-order valence-corrected chi connectivity index (χ3v) is 6.42. The summed E-state index contributed by atoms with van der Waals surface area (Å²) in [5.41, 5.74) is 2.00. The number of likely N-dealkylation sites (tertiary alicyclic amines) is 1. The van der Waals surface area contributed by atoms with Crippen LogP contribution in [0.25, 0.3) is 0 Å². The molecule has 4 nitrogen and oxygen atoms in total. The lowest BCUT2D eigenvalue weighted by Gasteiger charge is -2.29. The van der Waals surface area contributed by atoms with Crippen LogP contribution < -0.4 is 10.1 Å². The zero-order valence-electron chi connectivity index (χ0n) is 15.1. The molecule has 0 bridgehead atoms. The number of hydrogen-bond donors (Lipinski definition) is 1. The first-order valence-corrected chi connectivity index (χ1v) is 10.2. The summed E-state index contributed by atoms with van der Waals surface area (Å²) < 4.78 is 5.30. The average molecular weight is 369 g/mol. The fourth-order valence-corrected chi connectivity index (χ4v) is 4.92. The van der Waals surface area contributed by atoms with Crippen molar-refractivity contribution >= 4 is 17.7 Å². The van der Waals surface area contributed by atoms with Crippen LogP contribution in [-0.4, -0.2) is 43.8 Å². The number of rotatable bonds is 4. The van der Waals surface area contributed by atoms with Gasteiger partial charge in [0, 0.05) is 30.4 Å². The Morgan fingerprint density at radius 1 is 1.15 bits per heavy atom. The van der Waals surface area contributed by atoms with Gasteiger partial charge in [-0.05, 0) is 42.0 Å². The van der Waals surface area contributed by atoms with Gasteiger partial charge in [-0.25, -0.2) is 0 Å². The van der Waals surface area contributed by atoms with Crippen molar-refractivity contribution in [2.75, 3.05) is 33.0 Å². The number of ether oxygens (including phenoxy) is 1. The smallest absolute Gasteiger partial charge is 0.255 e. The molecule has 0 spiro atoms. The molecule has 2 aliphatic heterocycles. The van der Waals surface area contributed by atoms with Crippen molar-refractivity contribution < 1.29 is 9.53 Å². The third-order valence-electron chi connectivity index (χ3n) is 5.62. The Balaban J connectivity index is 1.70. The van der Waals surface area contributed by atoms with E-state index in [1.165, 1.54) is 5.56 Å². The summed E-state index contributed by atoms with van der Waals surface area (Å²) in [4.78, 5) is 16.6. The molecule has 1 amide bonds. The van der Waals surface area contributed by atoms with Crippen molar-refractivity contribution in [3.8, 4) is 5.75 Å². The van der Waals surface area contributed by atoms with E-state index in [2.05, 4.69) is 22.3 Å². The molecule has 5 heteroatoms. The van der Waals surface area contributed by atoms with Crippen LogP contribution in [-0.2, 0) is 0 Å². The minimum atomic E-state index is 0.114. The predicted molar refractivity (Wildman–Crippen MR) is 105 cm³/mol. The Bertz CT molecular complexity index is 793. The van der Waals surface area contributed by atoms with E-state index in [0.717, 1.165) is 35.8 Å². The molecule has 0 unspecified atom stereocenters. The number of amides is 1. The zero-order chi connectivity index (χ0) is 18.1. The number of methoxy groups -OCH3 is 1. The summed E-state index contributed by atoms with van der Waals surface area (Å²) in [5.74, 6) is 1.98. The molecule has 2 fully saturated rings. The summed E-state index contributed by atoms with van der Waals surface area (Å²) in [6.07, 6.45) is 2.02. The number of nitrogens with zero attached hydrogens (tertiary/aromatic N) is 1. The van der Waals surface area contributed by atoms with Gasteiger partial charge < -0.3 is 15.0 Å². The number of nitrogens with one attached hydrogen (secondary N) is 1. The van der Waals surface area contributed by atoms with Crippen molar-refractivity contribution in [1.82, 2.24) is 10.2 Å². The highest BCUT2D eigenvalue weighted by molar-refractivity contribution is 7.98. The van der Waals surface area contributed by atoms with Crippen LogP contribution >= 0.6 is 11.8 Å². The Kier molecular flexibility index (Phi) is 4.92. The van der Waals surface area contributed by atoms with E-state index in [0.29, 0.717) is 11.8 Å². The van der Waals surface area contributed by atoms with Crippen LogP contribution in [0.4, 0.5) is 0 Å². The minimum absolute atomic E-state index is 0.114. The second-order valence-electron chi connectivity index (χ2n) is 6.96. The van der Waals surface area contributed by atoms with Crippen LogP contribution in [0, 0.1) is 11.8 Å². The fraction of sp³-hybridized carbons (Fsp3) is 0.381. The lowest BCUT2D eigenvalue weighted by molar-refractivity contribution is 0.0710. The quantitative estimate of drug-likeness (QED) is 0.840. The molecule has 136 valence electrons. The maximum Gasteiger partial charge on any atom is 0.255 e. The van der Waals surface area contributed by atoms with E-state index in [1.54, 1.807) is 18.9 Å². The number of fused-ring (bicyclic) bond motifs is 1. The summed E-state index contributed by atoms with van der Waals surface area (Å²) in [5, 5.41) is 3.50. The molecule has 1 N–H and O–H groups in total. The van der Waals surface area contributed by atoms with Gasteiger partial charge in [-0.1, -0.05) is 24.3 Å². The highest BCUT2D eigenvalue weighted by atomic mass is 32.2. The lowest BCUT2D eigenvalue weighted by Crippen LogP contribution is -2.35. The van der Waals surface area contributed by atoms with E-state index in [1.807, 2.05) is 42.7 Å². The molecule has 0 aliphatic carbocycles. The minimum Gasteiger partial charge on any atom is -0.497 e. The average Bonchev–Trinajstić information content (AvgIpc) is 3.28. The molecular formula is C21H24N2O2S. The van der Waals surface area contributed by atoms with Crippen LogP contribution in [0.5, 0.6) is 5.75 Å². The fourth-order valence-electron chi connectivity index (χ4n) is 4.33. The third kappa shape index (κ3) is 2.99. The molecule has 0 radical (unpaired) electrons. The second-order valence-corrected chi connectivity index (χ2v) is 7.81. The first-order valence-electron chi connectivity index (χ1n) is 9.01. The lowest BCUT2D eigenvalue weighted by atomic mass is 9.89. The normalized spacial score (nSPS) is 24.5. The summed E-state index contributed by atoms with van der Waals surface area (Å²) in [6.45, 7) is 2.77. The molecule has 2 aromatic rings. The molecule has 4 rings (SSSR count). The SMILES string of the molecule is COc1ccc([C@H]2[C@H]3CNC[C@H]3CN2C(=O)c2ccccc2SC)cc1. The molecule has 2 saturated heterocycles. The van der Waals surface area contributed by atoms with Crippen LogP contribution in [0.2, 0.25) is 0 Å². The largest absolute Gasteiger partial charge is 0.497 e. The molecule has 26 heavy (non-hydrogen) atoms. The van der Waals surface area contributed by atoms with E-state index in [4.69, 9.17) is 4.74 Å². The molecule has 2 aromatic carbocycles. The van der Waals surface area contributed by atoms with Gasteiger partial charge in [0.2, 0.25) is 0 Å². The van der Waals surface area contributed by atoms with Crippen molar-refractivity contribution in [2.24, 2.45) is 11.8 Å². The Labute approximate surface area is 158 Å². The van der Waals surface area contributed by atoms with Gasteiger partial charge in [0.1, 0.15) is 5.75 Å². The van der Waals surface area contributed by atoms with Crippen molar-refractivity contribution in [2.45, 2.75) is 10.9 Å². The van der Waals surface area contributed by atoms with Crippen molar-refractivity contribution in [3.05, 3.63) is 59.7 Å². The van der Waals surface area contributed by atoms with Gasteiger partial charge >= 0.3 is 0 Å². The van der Waals surface area contributed by atoms with Crippen LogP contribution in [0.1, 0.15) is 22.0 Å². The van der Waals surface area contributed by atoms with Gasteiger partial charge in [0.15, 0.2) is 0 Å². The highest BCUT2D eigenvalue weighted by Crippen LogP contribution is 2.44. The van der Waals surface area contributed by atoms with E-state index >= 15 is 0 Å². The Morgan fingerprint density at radius 2 is 1.92 bits per heavy atom. The van der Waals surface area contributed by atoms with Gasteiger partial charge in [-0.15, -0.1) is 11.8 Å². The van der Waals surface area contributed by atoms with Crippen molar-refractivity contribution in [3.63, 3.8) is 0 Å². The highest BCUT2D eigenvalue weighted by Gasteiger charge is 2.47. The topological polar surface area (TPSA) is 41.6 Å². The molecule has 0 saturated carbocycles. The zero-order valence-corrected chi connectivity index (χ0v) is 16.0. The van der Waals surface area contributed by atoms with Gasteiger partial charge in [-0.3, -0.25) is 4.79 Å². The first-order chi connectivity index (χ1) is 12.7. The van der Waals surface area contributed by atoms with Gasteiger partial charge in [0.05, 0.1) is 18.7 Å². The van der Waals surface area contributed by atoms with Gasteiger partial charge in [0.25, 0.3) is 5.91 Å². The van der Waals surface area contributed by atoms with E-state index in [9.17, 15) is 4.79 Å². The summed E-state index contributed by atoms with van der Waals surface area (Å²) in [6, 6.07) is 16.2. The number of carbonyl (C=O) groups is 1. The van der Waals surface area contributed by atoms with Gasteiger partial charge in [-0.2, -0.15) is 0 Å². The monoisotopic (exact) mass is 368 g/mol. The standard InChI is InChI=1S/C21H24N2O2S/c1-25-16-9-7-14(8-10-16)20-18-12-22-11-15(18)13-23(20)21(24)17-5-3-4-6-19(17)26-2/h3-10,15,18,20,22H,11-13H2,1-2H3/t15-,18-,20-/m0/s1. The maximum absolute atomic E-state index is 13.4. The molecule has 0 aromatic heterocycles. The Morgan fingerprint density at radius 3 is 2.65 bits per heavy atom. The summed E-state index contributed by atoms with van der Waals surface area (Å²) in [7, 11) is 1.68. The number of thioether (sulfide) groups is 1. The number of hydrogen-bond acceptors (Lipinski definition) is 4. The molecule has 2 heterocycles. The maximum atomic E-state index is 13.4. The summed E-state index contributed by atoms with van der Waals surface area (Å²) >= 11 is 1.63. The van der Waals surface area contributed by atoms with E-state index in [-0.39, 0.29) is 11.9 Å². The number of carbonyl (C=O) groups excluding carboxylic acids is 1. The predicted octanol–water partition coefficient (Wildman–Crippen LogP) is 3.45. The van der Waals surface area contributed by atoms with Crippen LogP contribution in [0.15, 0.2) is 53.4 Å². The molecular weight excluding hydrogens is 344 g/mol. The number of benzene rings is 2.